The van der Waals surface area contributed by atoms with Gasteiger partial charge in [-0.15, -0.1) is 0 Å². The molecule has 1 saturated carbocycles. The molecule has 1 fully saturated rings. The lowest BCUT2D eigenvalue weighted by atomic mass is 10.0. The zero-order valence-electron chi connectivity index (χ0n) is 17.4. The van der Waals surface area contributed by atoms with Crippen molar-refractivity contribution < 1.29 is 14.5 Å². The highest BCUT2D eigenvalue weighted by Crippen LogP contribution is 2.31. The Morgan fingerprint density at radius 1 is 1.16 bits per heavy atom. The van der Waals surface area contributed by atoms with Crippen LogP contribution in [0.1, 0.15) is 24.8 Å². The second-order valence-corrected chi connectivity index (χ2v) is 7.78. The normalized spacial score (nSPS) is 13.4. The molecule has 3 aromatic rings. The topological polar surface area (TPSA) is 84.7 Å². The molecule has 31 heavy (non-hydrogen) atoms. The van der Waals surface area contributed by atoms with E-state index in [1.165, 1.54) is 41.6 Å². The molecule has 0 saturated heterocycles. The fourth-order valence-electron chi connectivity index (χ4n) is 3.84. The number of hydrogen-bond acceptors (Lipinski definition) is 5. The van der Waals surface area contributed by atoms with Crippen molar-refractivity contribution in [3.63, 3.8) is 0 Å². The molecule has 7 heteroatoms. The van der Waals surface area contributed by atoms with Crippen molar-refractivity contribution in [2.24, 2.45) is 0 Å². The molecule has 7 nitrogen and oxygen atoms in total. The Morgan fingerprint density at radius 3 is 2.68 bits per heavy atom. The van der Waals surface area contributed by atoms with Crippen LogP contribution in [0.3, 0.4) is 0 Å². The molecule has 0 radical (unpaired) electrons. The lowest BCUT2D eigenvalue weighted by Gasteiger charge is -2.23. The van der Waals surface area contributed by atoms with Gasteiger partial charge in [0.2, 0.25) is 5.91 Å². The molecule has 1 amide bonds. The summed E-state index contributed by atoms with van der Waals surface area (Å²) in [6, 6.07) is 19.3. The van der Waals surface area contributed by atoms with Crippen LogP contribution in [0.15, 0.2) is 60.7 Å². The molecule has 160 valence electrons. The molecule has 1 aliphatic rings. The van der Waals surface area contributed by atoms with Gasteiger partial charge in [0.05, 0.1) is 17.7 Å². The van der Waals surface area contributed by atoms with Gasteiger partial charge in [-0.25, -0.2) is 0 Å². The summed E-state index contributed by atoms with van der Waals surface area (Å²) >= 11 is 0. The van der Waals surface area contributed by atoms with Crippen LogP contribution in [0.4, 0.5) is 11.4 Å². The first kappa shape index (κ1) is 20.8. The first-order valence-electron chi connectivity index (χ1n) is 10.4. The Hall–Kier alpha value is -3.45. The van der Waals surface area contributed by atoms with Gasteiger partial charge in [-0.05, 0) is 35.2 Å². The number of rotatable bonds is 9. The molecule has 0 aromatic heterocycles. The highest BCUT2D eigenvalue weighted by molar-refractivity contribution is 5.93. The van der Waals surface area contributed by atoms with Gasteiger partial charge in [-0.3, -0.25) is 19.8 Å². The van der Waals surface area contributed by atoms with E-state index in [9.17, 15) is 14.9 Å². The van der Waals surface area contributed by atoms with E-state index in [1.54, 1.807) is 0 Å². The Morgan fingerprint density at radius 2 is 1.94 bits per heavy atom. The summed E-state index contributed by atoms with van der Waals surface area (Å²) in [6.07, 6.45) is 2.59. The fraction of sp³-hybridized carbons (Fsp3) is 0.292. The standard InChI is InChI=1S/C24H25N3O4/c1-31-23-12-11-20(27(29)30)15-22(23)25-24(28)13-14-26(19-9-10-19)16-18-7-4-6-17-5-2-3-8-21(17)18/h2-8,11-12,15,19H,9-10,13-14,16H2,1H3,(H,25,28). The van der Waals surface area contributed by atoms with Crippen molar-refractivity contribution in [3.05, 3.63) is 76.3 Å². The van der Waals surface area contributed by atoms with Gasteiger partial charge in [0, 0.05) is 37.7 Å². The van der Waals surface area contributed by atoms with Crippen molar-refractivity contribution in [2.75, 3.05) is 19.0 Å². The monoisotopic (exact) mass is 419 g/mol. The van der Waals surface area contributed by atoms with Crippen LogP contribution in [0.25, 0.3) is 10.8 Å². The molecular weight excluding hydrogens is 394 g/mol. The van der Waals surface area contributed by atoms with E-state index in [1.807, 2.05) is 12.1 Å². The Bertz CT molecular complexity index is 1110. The van der Waals surface area contributed by atoms with Crippen LogP contribution in [0, 0.1) is 10.1 Å². The van der Waals surface area contributed by atoms with Crippen LogP contribution in [0.2, 0.25) is 0 Å². The zero-order chi connectivity index (χ0) is 21.8. The third kappa shape index (κ3) is 5.00. The van der Waals surface area contributed by atoms with Gasteiger partial charge < -0.3 is 10.1 Å². The molecule has 0 heterocycles. The lowest BCUT2D eigenvalue weighted by molar-refractivity contribution is -0.384. The minimum Gasteiger partial charge on any atom is -0.495 e. The van der Waals surface area contributed by atoms with Crippen LogP contribution in [0.5, 0.6) is 5.75 Å². The number of fused-ring (bicyclic) bond motifs is 1. The number of benzene rings is 3. The second kappa shape index (κ2) is 9.14. The third-order valence-corrected chi connectivity index (χ3v) is 5.61. The summed E-state index contributed by atoms with van der Waals surface area (Å²) in [5, 5.41) is 16.3. The average molecular weight is 419 g/mol. The average Bonchev–Trinajstić information content (AvgIpc) is 3.62. The third-order valence-electron chi connectivity index (χ3n) is 5.61. The van der Waals surface area contributed by atoms with E-state index in [-0.39, 0.29) is 11.6 Å². The maximum Gasteiger partial charge on any atom is 0.271 e. The Kier molecular flexibility index (Phi) is 6.13. The van der Waals surface area contributed by atoms with E-state index in [2.05, 4.69) is 40.5 Å². The molecule has 0 unspecified atom stereocenters. The van der Waals surface area contributed by atoms with Crippen molar-refractivity contribution >= 4 is 28.1 Å². The number of amides is 1. The van der Waals surface area contributed by atoms with Gasteiger partial charge >= 0.3 is 0 Å². The number of ether oxygens (including phenoxy) is 1. The minimum absolute atomic E-state index is 0.0911. The summed E-state index contributed by atoms with van der Waals surface area (Å²) in [5.41, 5.74) is 1.48. The number of hydrogen-bond donors (Lipinski definition) is 1. The Balaban J connectivity index is 1.43. The number of carbonyl (C=O) groups excluding carboxylic acids is 1. The predicted molar refractivity (Wildman–Crippen MR) is 120 cm³/mol. The number of anilines is 1. The number of methoxy groups -OCH3 is 1. The summed E-state index contributed by atoms with van der Waals surface area (Å²) in [5.74, 6) is 0.205. The van der Waals surface area contributed by atoms with E-state index < -0.39 is 4.92 Å². The van der Waals surface area contributed by atoms with Crippen LogP contribution >= 0.6 is 0 Å². The van der Waals surface area contributed by atoms with Crippen LogP contribution in [-0.2, 0) is 11.3 Å². The molecule has 1 aliphatic carbocycles. The quantitative estimate of drug-likeness (QED) is 0.400. The minimum atomic E-state index is -0.492. The fourth-order valence-corrected chi connectivity index (χ4v) is 3.84. The lowest BCUT2D eigenvalue weighted by Crippen LogP contribution is -2.29. The van der Waals surface area contributed by atoms with Gasteiger partial charge in [0.25, 0.3) is 5.69 Å². The van der Waals surface area contributed by atoms with Gasteiger partial charge in [-0.1, -0.05) is 42.5 Å². The predicted octanol–water partition coefficient (Wildman–Crippen LogP) is 4.75. The molecule has 1 N–H and O–H groups in total. The van der Waals surface area contributed by atoms with Crippen molar-refractivity contribution in [3.8, 4) is 5.75 Å². The van der Waals surface area contributed by atoms with Gasteiger partial charge in [0.1, 0.15) is 5.75 Å². The summed E-state index contributed by atoms with van der Waals surface area (Å²) in [7, 11) is 1.47. The Labute approximate surface area is 180 Å². The summed E-state index contributed by atoms with van der Waals surface area (Å²) < 4.78 is 5.23. The zero-order valence-corrected chi connectivity index (χ0v) is 17.4. The van der Waals surface area contributed by atoms with Crippen molar-refractivity contribution in [2.45, 2.75) is 31.8 Å². The van der Waals surface area contributed by atoms with E-state index in [0.29, 0.717) is 30.4 Å². The number of carbonyl (C=O) groups is 1. The van der Waals surface area contributed by atoms with Gasteiger partial charge in [0.15, 0.2) is 0 Å². The van der Waals surface area contributed by atoms with Crippen molar-refractivity contribution in [1.29, 1.82) is 0 Å². The highest BCUT2D eigenvalue weighted by Gasteiger charge is 2.29. The smallest absolute Gasteiger partial charge is 0.271 e. The molecule has 0 aliphatic heterocycles. The number of nitrogens with one attached hydrogen (secondary N) is 1. The SMILES string of the molecule is COc1ccc([N+](=O)[O-])cc1NC(=O)CCN(Cc1cccc2ccccc12)C1CC1. The summed E-state index contributed by atoms with van der Waals surface area (Å²) in [6.45, 7) is 1.41. The first-order chi connectivity index (χ1) is 15.0. The number of nitro benzene ring substituents is 1. The second-order valence-electron chi connectivity index (χ2n) is 7.78. The molecule has 0 atom stereocenters. The van der Waals surface area contributed by atoms with Crippen LogP contribution < -0.4 is 10.1 Å². The molecule has 0 spiro atoms. The number of nitro groups is 1. The highest BCUT2D eigenvalue weighted by atomic mass is 16.6. The number of nitrogens with zero attached hydrogens (tertiary/aromatic N) is 2. The van der Waals surface area contributed by atoms with Crippen molar-refractivity contribution in [1.82, 2.24) is 4.90 Å². The van der Waals surface area contributed by atoms with Gasteiger partial charge in [-0.2, -0.15) is 0 Å². The maximum absolute atomic E-state index is 12.6. The van der Waals surface area contributed by atoms with Crippen LogP contribution in [-0.4, -0.2) is 35.4 Å². The number of non-ortho nitro benzene ring substituents is 1. The molecule has 0 bridgehead atoms. The molecular formula is C24H25N3O4. The van der Waals surface area contributed by atoms with E-state index in [4.69, 9.17) is 4.74 Å². The first-order valence-corrected chi connectivity index (χ1v) is 10.4. The maximum atomic E-state index is 12.6. The summed E-state index contributed by atoms with van der Waals surface area (Å²) in [4.78, 5) is 25.5. The van der Waals surface area contributed by atoms with E-state index >= 15 is 0 Å². The van der Waals surface area contributed by atoms with E-state index in [0.717, 1.165) is 19.4 Å². The largest absolute Gasteiger partial charge is 0.495 e. The molecule has 3 aromatic carbocycles. The molecule has 4 rings (SSSR count).